The van der Waals surface area contributed by atoms with E-state index in [-0.39, 0.29) is 27.7 Å². The van der Waals surface area contributed by atoms with Crippen LogP contribution in [0.1, 0.15) is 21.6 Å². The predicted molar refractivity (Wildman–Crippen MR) is 158 cm³/mol. The van der Waals surface area contributed by atoms with Gasteiger partial charge in [0.1, 0.15) is 11.6 Å². The van der Waals surface area contributed by atoms with E-state index in [4.69, 9.17) is 23.2 Å². The first-order valence-corrected chi connectivity index (χ1v) is 13.8. The van der Waals surface area contributed by atoms with E-state index < -0.39 is 17.6 Å². The van der Waals surface area contributed by atoms with Crippen LogP contribution in [0.4, 0.5) is 18.3 Å². The third-order valence-corrected chi connectivity index (χ3v) is 7.59. The lowest BCUT2D eigenvalue weighted by atomic mass is 10.1. The minimum atomic E-state index is -4.50. The summed E-state index contributed by atoms with van der Waals surface area (Å²) in [6.07, 6.45) is 0.166. The van der Waals surface area contributed by atoms with Gasteiger partial charge in [-0.05, 0) is 54.1 Å². The third-order valence-electron chi connectivity index (χ3n) is 6.06. The van der Waals surface area contributed by atoms with Gasteiger partial charge in [0.15, 0.2) is 5.13 Å². The van der Waals surface area contributed by atoms with E-state index >= 15 is 0 Å². The van der Waals surface area contributed by atoms with Gasteiger partial charge in [-0.1, -0.05) is 53.5 Å². The number of nitriles is 1. The van der Waals surface area contributed by atoms with Crippen LogP contribution in [0, 0.1) is 11.3 Å². The molecule has 0 unspecified atom stereocenters. The van der Waals surface area contributed by atoms with Crippen LogP contribution in [0.15, 0.2) is 90.8 Å². The monoisotopic (exact) mass is 623 g/mol. The molecule has 6 nitrogen and oxygen atoms in total. The number of rotatable bonds is 7. The fourth-order valence-electron chi connectivity index (χ4n) is 4.03. The fourth-order valence-corrected chi connectivity index (χ4v) is 5.17. The van der Waals surface area contributed by atoms with E-state index in [0.29, 0.717) is 21.2 Å². The maximum Gasteiger partial charge on any atom is 0.416 e. The molecule has 3 aromatic carbocycles. The molecule has 5 rings (SSSR count). The predicted octanol–water partition coefficient (Wildman–Crippen LogP) is 8.46. The Morgan fingerprint density at radius 2 is 1.81 bits per heavy atom. The van der Waals surface area contributed by atoms with Crippen LogP contribution in [0.25, 0.3) is 23.0 Å². The Labute approximate surface area is 252 Å². The van der Waals surface area contributed by atoms with E-state index in [1.54, 1.807) is 35.1 Å². The Balaban J connectivity index is 1.40. The Hall–Kier alpha value is -4.43. The molecular formula is C30H18Cl2F3N5OS. The number of hydrogen-bond acceptors (Lipinski definition) is 5. The molecule has 210 valence electrons. The molecule has 0 aliphatic rings. The van der Waals surface area contributed by atoms with Gasteiger partial charge in [0.25, 0.3) is 5.91 Å². The second-order valence-corrected chi connectivity index (χ2v) is 10.9. The number of carbonyl (C=O) groups is 1. The first-order valence-electron chi connectivity index (χ1n) is 12.3. The molecule has 0 aliphatic heterocycles. The van der Waals surface area contributed by atoms with Gasteiger partial charge in [-0.15, -0.1) is 11.3 Å². The van der Waals surface area contributed by atoms with Crippen LogP contribution in [-0.4, -0.2) is 20.7 Å². The lowest BCUT2D eigenvalue weighted by molar-refractivity contribution is -0.137. The van der Waals surface area contributed by atoms with Crippen LogP contribution < -0.4 is 5.32 Å². The van der Waals surface area contributed by atoms with Gasteiger partial charge < -0.3 is 0 Å². The molecule has 1 N–H and O–H groups in total. The Kier molecular flexibility index (Phi) is 8.45. The summed E-state index contributed by atoms with van der Waals surface area (Å²) in [5.41, 5.74) is 1.84. The number of amides is 1. The summed E-state index contributed by atoms with van der Waals surface area (Å²) in [5, 5.41) is 18.0. The van der Waals surface area contributed by atoms with Crippen LogP contribution in [0.5, 0.6) is 0 Å². The van der Waals surface area contributed by atoms with Gasteiger partial charge in [0.2, 0.25) is 0 Å². The van der Waals surface area contributed by atoms with Gasteiger partial charge >= 0.3 is 6.18 Å². The highest BCUT2D eigenvalue weighted by molar-refractivity contribution is 7.15. The molecule has 0 saturated carbocycles. The molecule has 0 fully saturated rings. The standard InChI is InChI=1S/C30H18Cl2F3N5OS/c31-23-9-6-18(7-10-23)27-21(17-40(39-27)24-4-2-1-3-5-24)12-20(15-36)28(41)38-29-37-16-25(42-29)14-19-13-22(30(33,34)35)8-11-26(19)32/h1-13,16-17H,14H2,(H,37,38,41)/b20-12+. The zero-order valence-corrected chi connectivity index (χ0v) is 23.7. The van der Waals surface area contributed by atoms with Crippen molar-refractivity contribution in [2.24, 2.45) is 0 Å². The average Bonchev–Trinajstić information content (AvgIpc) is 3.60. The number of nitrogens with one attached hydrogen (secondary N) is 1. The van der Waals surface area contributed by atoms with Crippen LogP contribution in [0.2, 0.25) is 10.0 Å². The number of alkyl halides is 3. The maximum absolute atomic E-state index is 13.1. The molecule has 42 heavy (non-hydrogen) atoms. The quantitative estimate of drug-likeness (QED) is 0.146. The molecule has 2 aromatic heterocycles. The minimum Gasteiger partial charge on any atom is -0.297 e. The summed E-state index contributed by atoms with van der Waals surface area (Å²) in [7, 11) is 0. The number of benzene rings is 3. The summed E-state index contributed by atoms with van der Waals surface area (Å²) in [6, 6.07) is 21.4. The highest BCUT2D eigenvalue weighted by atomic mass is 35.5. The van der Waals surface area contributed by atoms with Gasteiger partial charge in [-0.25, -0.2) is 9.67 Å². The second kappa shape index (κ2) is 12.2. The van der Waals surface area contributed by atoms with Crippen molar-refractivity contribution in [1.29, 1.82) is 5.26 Å². The number of halogens is 5. The molecule has 0 aliphatic carbocycles. The van der Waals surface area contributed by atoms with E-state index in [0.717, 1.165) is 34.7 Å². The van der Waals surface area contributed by atoms with E-state index in [9.17, 15) is 23.2 Å². The smallest absolute Gasteiger partial charge is 0.297 e. The number of nitrogens with zero attached hydrogens (tertiary/aromatic N) is 4. The highest BCUT2D eigenvalue weighted by Crippen LogP contribution is 2.33. The van der Waals surface area contributed by atoms with Gasteiger partial charge in [0.05, 0.1) is 16.9 Å². The SMILES string of the molecule is N#C/C(=C\c1cn(-c2ccccc2)nc1-c1ccc(Cl)cc1)C(=O)Nc1ncc(Cc2cc(C(F)(F)F)ccc2Cl)s1. The van der Waals surface area contributed by atoms with Crippen LogP contribution >= 0.6 is 34.5 Å². The summed E-state index contributed by atoms with van der Waals surface area (Å²) in [6.45, 7) is 0. The van der Waals surface area contributed by atoms with Crippen LogP contribution in [0.3, 0.4) is 0 Å². The largest absolute Gasteiger partial charge is 0.416 e. The van der Waals surface area contributed by atoms with Crippen molar-refractivity contribution in [3.63, 3.8) is 0 Å². The number of hydrogen-bond donors (Lipinski definition) is 1. The molecule has 0 radical (unpaired) electrons. The maximum atomic E-state index is 13.1. The van der Waals surface area contributed by atoms with Crippen molar-refractivity contribution >= 4 is 51.7 Å². The Morgan fingerprint density at radius 1 is 1.07 bits per heavy atom. The molecular weight excluding hydrogens is 606 g/mol. The fraction of sp³-hybridized carbons (Fsp3) is 0.0667. The summed E-state index contributed by atoms with van der Waals surface area (Å²) in [5.74, 6) is -0.704. The Bertz CT molecular complexity index is 1820. The molecule has 0 spiro atoms. The van der Waals surface area contributed by atoms with Crippen molar-refractivity contribution in [2.45, 2.75) is 12.6 Å². The first kappa shape index (κ1) is 29.1. The van der Waals surface area contributed by atoms with Gasteiger partial charge in [-0.2, -0.15) is 23.5 Å². The highest BCUT2D eigenvalue weighted by Gasteiger charge is 2.31. The van der Waals surface area contributed by atoms with Crippen molar-refractivity contribution in [2.75, 3.05) is 5.32 Å². The molecule has 1 amide bonds. The van der Waals surface area contributed by atoms with Crippen LogP contribution in [-0.2, 0) is 17.4 Å². The lowest BCUT2D eigenvalue weighted by Crippen LogP contribution is -2.13. The molecule has 0 saturated heterocycles. The van der Waals surface area contributed by atoms with E-state index in [1.807, 2.05) is 36.4 Å². The topological polar surface area (TPSA) is 83.6 Å². The van der Waals surface area contributed by atoms with Crippen molar-refractivity contribution in [3.8, 4) is 23.0 Å². The van der Waals surface area contributed by atoms with Gasteiger partial charge in [-0.3, -0.25) is 10.1 Å². The van der Waals surface area contributed by atoms with Crippen molar-refractivity contribution < 1.29 is 18.0 Å². The molecule has 0 atom stereocenters. The molecule has 12 heteroatoms. The summed E-state index contributed by atoms with van der Waals surface area (Å²) < 4.78 is 41.0. The zero-order valence-electron chi connectivity index (χ0n) is 21.4. The first-order chi connectivity index (χ1) is 20.1. The second-order valence-electron chi connectivity index (χ2n) is 8.96. The number of thiazole rings is 1. The molecule has 0 bridgehead atoms. The van der Waals surface area contributed by atoms with E-state index in [1.165, 1.54) is 18.3 Å². The summed E-state index contributed by atoms with van der Waals surface area (Å²) in [4.78, 5) is 17.8. The minimum absolute atomic E-state index is 0.0837. The number of carbonyl (C=O) groups excluding carboxylic acids is 1. The third kappa shape index (κ3) is 6.71. The normalized spacial score (nSPS) is 11.8. The van der Waals surface area contributed by atoms with E-state index in [2.05, 4.69) is 15.4 Å². The van der Waals surface area contributed by atoms with Crippen molar-refractivity contribution in [3.05, 3.63) is 122 Å². The number of anilines is 1. The number of para-hydroxylation sites is 1. The average molecular weight is 624 g/mol. The van der Waals surface area contributed by atoms with Crippen molar-refractivity contribution in [1.82, 2.24) is 14.8 Å². The molecule has 2 heterocycles. The Morgan fingerprint density at radius 3 is 2.50 bits per heavy atom. The zero-order chi connectivity index (χ0) is 29.9. The van der Waals surface area contributed by atoms with Gasteiger partial charge in [0, 0.05) is 44.9 Å². The lowest BCUT2D eigenvalue weighted by Gasteiger charge is -2.09. The number of aromatic nitrogens is 3. The molecule has 5 aromatic rings. The summed E-state index contributed by atoms with van der Waals surface area (Å²) >= 11 is 13.2.